The van der Waals surface area contributed by atoms with Crippen LogP contribution in [-0.4, -0.2) is 21.3 Å². The standard InChI is InChI=1S/C21H20N4OS2/c1-15(20(26)23-18-11-13-22-14-12-18)28-19-9-7-17(8-10-19)25-21(27)24-16-5-3-2-4-6-16/h2-15H,1H3,(H,22,23,26)(H2,24,25,27). The van der Waals surface area contributed by atoms with Gasteiger partial charge in [-0.15, -0.1) is 11.8 Å². The predicted molar refractivity (Wildman–Crippen MR) is 121 cm³/mol. The zero-order valence-electron chi connectivity index (χ0n) is 15.3. The second-order valence-corrected chi connectivity index (χ2v) is 7.78. The second kappa shape index (κ2) is 9.87. The summed E-state index contributed by atoms with van der Waals surface area (Å²) >= 11 is 6.83. The Hall–Kier alpha value is -2.90. The van der Waals surface area contributed by atoms with Gasteiger partial charge in [0.05, 0.1) is 5.25 Å². The minimum absolute atomic E-state index is 0.0494. The third kappa shape index (κ3) is 6.07. The number of amides is 1. The molecule has 0 spiro atoms. The van der Waals surface area contributed by atoms with Crippen LogP contribution < -0.4 is 16.0 Å². The molecule has 0 radical (unpaired) electrons. The summed E-state index contributed by atoms with van der Waals surface area (Å²) in [6.45, 7) is 1.88. The number of rotatable bonds is 6. The molecule has 0 aliphatic heterocycles. The summed E-state index contributed by atoms with van der Waals surface area (Å²) in [5.74, 6) is -0.0494. The third-order valence-electron chi connectivity index (χ3n) is 3.77. The number of anilines is 3. The van der Waals surface area contributed by atoms with Crippen LogP contribution in [0.25, 0.3) is 0 Å². The lowest BCUT2D eigenvalue weighted by molar-refractivity contribution is -0.115. The summed E-state index contributed by atoms with van der Waals surface area (Å²) in [4.78, 5) is 17.3. The molecule has 1 amide bonds. The number of aromatic nitrogens is 1. The maximum Gasteiger partial charge on any atom is 0.237 e. The number of nitrogens with one attached hydrogen (secondary N) is 3. The molecular weight excluding hydrogens is 388 g/mol. The normalized spacial score (nSPS) is 11.3. The smallest absolute Gasteiger partial charge is 0.237 e. The van der Waals surface area contributed by atoms with E-state index in [0.29, 0.717) is 5.11 Å². The van der Waals surface area contributed by atoms with Crippen LogP contribution in [-0.2, 0) is 4.79 Å². The Morgan fingerprint density at radius 2 is 1.43 bits per heavy atom. The molecule has 0 saturated carbocycles. The van der Waals surface area contributed by atoms with Crippen molar-refractivity contribution in [2.75, 3.05) is 16.0 Å². The summed E-state index contributed by atoms with van der Waals surface area (Å²) in [6.07, 6.45) is 3.30. The Balaban J connectivity index is 1.51. The van der Waals surface area contributed by atoms with E-state index in [1.165, 1.54) is 11.8 Å². The van der Waals surface area contributed by atoms with Gasteiger partial charge in [-0.2, -0.15) is 0 Å². The maximum atomic E-state index is 12.3. The molecule has 0 saturated heterocycles. The molecule has 1 heterocycles. The zero-order valence-corrected chi connectivity index (χ0v) is 16.9. The molecule has 142 valence electrons. The Bertz CT molecular complexity index is 918. The Morgan fingerprint density at radius 1 is 0.857 bits per heavy atom. The van der Waals surface area contributed by atoms with Crippen LogP contribution in [0.4, 0.5) is 17.1 Å². The van der Waals surface area contributed by atoms with Crippen LogP contribution in [0, 0.1) is 0 Å². The molecular formula is C21H20N4OS2. The van der Waals surface area contributed by atoms with Crippen LogP contribution in [0.3, 0.4) is 0 Å². The van der Waals surface area contributed by atoms with Crippen molar-refractivity contribution in [2.45, 2.75) is 17.1 Å². The lowest BCUT2D eigenvalue weighted by Gasteiger charge is -2.13. The average Bonchev–Trinajstić information content (AvgIpc) is 2.71. The minimum Gasteiger partial charge on any atom is -0.332 e. The van der Waals surface area contributed by atoms with Crippen molar-refractivity contribution in [2.24, 2.45) is 0 Å². The number of thiocarbonyl (C=S) groups is 1. The number of carbonyl (C=O) groups is 1. The van der Waals surface area contributed by atoms with E-state index in [0.717, 1.165) is 22.0 Å². The monoisotopic (exact) mass is 408 g/mol. The first-order chi connectivity index (χ1) is 13.6. The fourth-order valence-corrected chi connectivity index (χ4v) is 3.47. The highest BCUT2D eigenvalue weighted by atomic mass is 32.2. The van der Waals surface area contributed by atoms with E-state index in [1.54, 1.807) is 24.5 Å². The first-order valence-corrected chi connectivity index (χ1v) is 9.99. The minimum atomic E-state index is -0.229. The lowest BCUT2D eigenvalue weighted by atomic mass is 10.3. The largest absolute Gasteiger partial charge is 0.332 e. The van der Waals surface area contributed by atoms with Gasteiger partial charge in [-0.05, 0) is 67.7 Å². The van der Waals surface area contributed by atoms with Crippen LogP contribution in [0.15, 0.2) is 84.0 Å². The van der Waals surface area contributed by atoms with Gasteiger partial charge < -0.3 is 16.0 Å². The predicted octanol–water partition coefficient (Wildman–Crippen LogP) is 5.01. The third-order valence-corrected chi connectivity index (χ3v) is 5.09. The van der Waals surface area contributed by atoms with Crippen molar-refractivity contribution < 1.29 is 4.79 Å². The van der Waals surface area contributed by atoms with Gasteiger partial charge in [0, 0.05) is 34.4 Å². The van der Waals surface area contributed by atoms with Crippen molar-refractivity contribution in [1.29, 1.82) is 0 Å². The van der Waals surface area contributed by atoms with Gasteiger partial charge in [0.1, 0.15) is 0 Å². The van der Waals surface area contributed by atoms with Gasteiger partial charge in [0.15, 0.2) is 5.11 Å². The van der Waals surface area contributed by atoms with Crippen molar-refractivity contribution in [3.63, 3.8) is 0 Å². The van der Waals surface area contributed by atoms with Gasteiger partial charge in [0.25, 0.3) is 0 Å². The molecule has 7 heteroatoms. The lowest BCUT2D eigenvalue weighted by Crippen LogP contribution is -2.22. The Morgan fingerprint density at radius 3 is 2.07 bits per heavy atom. The van der Waals surface area contributed by atoms with Crippen molar-refractivity contribution >= 4 is 52.1 Å². The van der Waals surface area contributed by atoms with Crippen LogP contribution >= 0.6 is 24.0 Å². The van der Waals surface area contributed by atoms with Gasteiger partial charge in [-0.25, -0.2) is 0 Å². The molecule has 5 nitrogen and oxygen atoms in total. The average molecular weight is 409 g/mol. The molecule has 0 bridgehead atoms. The van der Waals surface area contributed by atoms with Gasteiger partial charge >= 0.3 is 0 Å². The van der Waals surface area contributed by atoms with Crippen molar-refractivity contribution in [3.8, 4) is 0 Å². The fourth-order valence-electron chi connectivity index (χ4n) is 2.37. The Kier molecular flexibility index (Phi) is 7.00. The van der Waals surface area contributed by atoms with E-state index < -0.39 is 0 Å². The van der Waals surface area contributed by atoms with Crippen LogP contribution in [0.2, 0.25) is 0 Å². The SMILES string of the molecule is CC(Sc1ccc(NC(=S)Nc2ccccc2)cc1)C(=O)Nc1ccncc1. The zero-order chi connectivity index (χ0) is 19.8. The highest BCUT2D eigenvalue weighted by Crippen LogP contribution is 2.25. The van der Waals surface area contributed by atoms with Crippen LogP contribution in [0.5, 0.6) is 0 Å². The first-order valence-electron chi connectivity index (χ1n) is 8.71. The summed E-state index contributed by atoms with van der Waals surface area (Å²) in [6, 6.07) is 21.1. The molecule has 1 atom stereocenters. The molecule has 0 aliphatic carbocycles. The van der Waals surface area contributed by atoms with E-state index in [4.69, 9.17) is 12.2 Å². The summed E-state index contributed by atoms with van der Waals surface area (Å²) in [5.41, 5.74) is 2.55. The molecule has 3 aromatic rings. The molecule has 28 heavy (non-hydrogen) atoms. The van der Waals surface area contributed by atoms with E-state index in [1.807, 2.05) is 61.5 Å². The number of pyridine rings is 1. The quantitative estimate of drug-likeness (QED) is 0.394. The number of carbonyl (C=O) groups excluding carboxylic acids is 1. The summed E-state index contributed by atoms with van der Waals surface area (Å²) < 4.78 is 0. The Labute approximate surface area is 174 Å². The second-order valence-electron chi connectivity index (χ2n) is 5.95. The number of hydrogen-bond donors (Lipinski definition) is 3. The molecule has 1 unspecified atom stereocenters. The molecule has 0 fully saturated rings. The maximum absolute atomic E-state index is 12.3. The van der Waals surface area contributed by atoms with E-state index >= 15 is 0 Å². The number of hydrogen-bond acceptors (Lipinski definition) is 4. The number of thioether (sulfide) groups is 1. The molecule has 3 rings (SSSR count). The van der Waals surface area contributed by atoms with E-state index in [2.05, 4.69) is 20.9 Å². The van der Waals surface area contributed by atoms with Crippen LogP contribution in [0.1, 0.15) is 6.92 Å². The molecule has 3 N–H and O–H groups in total. The summed E-state index contributed by atoms with van der Waals surface area (Å²) in [7, 11) is 0. The van der Waals surface area contributed by atoms with Crippen molar-refractivity contribution in [1.82, 2.24) is 4.98 Å². The summed E-state index contributed by atoms with van der Waals surface area (Å²) in [5, 5.41) is 9.47. The number of nitrogens with zero attached hydrogens (tertiary/aromatic N) is 1. The molecule has 2 aromatic carbocycles. The highest BCUT2D eigenvalue weighted by molar-refractivity contribution is 8.00. The van der Waals surface area contributed by atoms with E-state index in [-0.39, 0.29) is 11.2 Å². The van der Waals surface area contributed by atoms with Gasteiger partial charge in [-0.3, -0.25) is 9.78 Å². The highest BCUT2D eigenvalue weighted by Gasteiger charge is 2.14. The topological polar surface area (TPSA) is 66.0 Å². The van der Waals surface area contributed by atoms with Gasteiger partial charge in [-0.1, -0.05) is 18.2 Å². The number of benzene rings is 2. The van der Waals surface area contributed by atoms with Crippen molar-refractivity contribution in [3.05, 3.63) is 79.1 Å². The molecule has 0 aliphatic rings. The van der Waals surface area contributed by atoms with E-state index in [9.17, 15) is 4.79 Å². The first kappa shape index (κ1) is 19.9. The van der Waals surface area contributed by atoms with Gasteiger partial charge in [0.2, 0.25) is 5.91 Å². The number of para-hydroxylation sites is 1. The molecule has 1 aromatic heterocycles. The fraction of sp³-hybridized carbons (Fsp3) is 0.0952.